The van der Waals surface area contributed by atoms with Gasteiger partial charge in [-0.2, -0.15) is 0 Å². The van der Waals surface area contributed by atoms with Crippen LogP contribution in [-0.2, 0) is 0 Å². The number of rotatable bonds is 7. The molecule has 1 N–H and O–H groups in total. The Balaban J connectivity index is 2.69. The molecule has 0 saturated heterocycles. The van der Waals surface area contributed by atoms with Crippen LogP contribution in [0.15, 0.2) is 18.2 Å². The van der Waals surface area contributed by atoms with Crippen LogP contribution >= 0.6 is 23.2 Å². The zero-order chi connectivity index (χ0) is 14.4. The van der Waals surface area contributed by atoms with Gasteiger partial charge in [0.25, 0.3) is 0 Å². The number of hydrogen-bond donors (Lipinski definition) is 1. The molecule has 0 fully saturated rings. The molecule has 3 unspecified atom stereocenters. The van der Waals surface area contributed by atoms with E-state index in [-0.39, 0.29) is 0 Å². The van der Waals surface area contributed by atoms with E-state index in [0.29, 0.717) is 22.1 Å². The van der Waals surface area contributed by atoms with Crippen molar-refractivity contribution in [2.45, 2.75) is 59.0 Å². The van der Waals surface area contributed by atoms with Crippen LogP contribution in [-0.4, -0.2) is 6.04 Å². The van der Waals surface area contributed by atoms with Gasteiger partial charge in [-0.1, -0.05) is 56.5 Å². The van der Waals surface area contributed by atoms with E-state index in [2.05, 4.69) is 39.1 Å². The first-order valence-electron chi connectivity index (χ1n) is 7.18. The zero-order valence-electron chi connectivity index (χ0n) is 12.3. The maximum atomic E-state index is 6.10. The molecule has 1 aromatic carbocycles. The van der Waals surface area contributed by atoms with Gasteiger partial charge in [-0.05, 0) is 43.4 Å². The summed E-state index contributed by atoms with van der Waals surface area (Å²) in [6.45, 7) is 8.99. The molecule has 0 aliphatic carbocycles. The summed E-state index contributed by atoms with van der Waals surface area (Å²) in [6.07, 6.45) is 3.48. The minimum absolute atomic E-state index is 0.342. The average Bonchev–Trinajstić information content (AvgIpc) is 2.39. The Morgan fingerprint density at radius 2 is 1.74 bits per heavy atom. The van der Waals surface area contributed by atoms with E-state index in [1.807, 2.05) is 12.1 Å². The van der Waals surface area contributed by atoms with Crippen LogP contribution in [0.3, 0.4) is 0 Å². The summed E-state index contributed by atoms with van der Waals surface area (Å²) in [5.41, 5.74) is 1.22. The highest BCUT2D eigenvalue weighted by atomic mass is 35.5. The minimum atomic E-state index is 0.342. The fourth-order valence-corrected chi connectivity index (χ4v) is 2.67. The maximum absolute atomic E-state index is 6.10. The van der Waals surface area contributed by atoms with Crippen molar-refractivity contribution in [3.8, 4) is 0 Å². The van der Waals surface area contributed by atoms with Gasteiger partial charge in [0.05, 0.1) is 10.0 Å². The lowest BCUT2D eigenvalue weighted by molar-refractivity contribution is 0.371. The second-order valence-electron chi connectivity index (χ2n) is 5.45. The third kappa shape index (κ3) is 5.33. The highest BCUT2D eigenvalue weighted by Crippen LogP contribution is 2.27. The minimum Gasteiger partial charge on any atom is -0.307 e. The summed E-state index contributed by atoms with van der Waals surface area (Å²) in [5, 5.41) is 4.94. The molecule has 1 nitrogen and oxygen atoms in total. The van der Waals surface area contributed by atoms with Crippen molar-refractivity contribution in [1.82, 2.24) is 5.32 Å². The normalized spacial score (nSPS) is 16.1. The van der Waals surface area contributed by atoms with E-state index < -0.39 is 0 Å². The Kier molecular flexibility index (Phi) is 7.20. The van der Waals surface area contributed by atoms with Crippen LogP contribution in [0.1, 0.15) is 58.6 Å². The zero-order valence-corrected chi connectivity index (χ0v) is 13.9. The molecule has 0 saturated carbocycles. The van der Waals surface area contributed by atoms with Gasteiger partial charge in [0.1, 0.15) is 0 Å². The predicted octanol–water partition coefficient (Wildman–Crippen LogP) is 5.86. The predicted molar refractivity (Wildman–Crippen MR) is 86.2 cm³/mol. The quantitative estimate of drug-likeness (QED) is 0.665. The van der Waals surface area contributed by atoms with Crippen molar-refractivity contribution in [1.29, 1.82) is 0 Å². The third-order valence-electron chi connectivity index (χ3n) is 3.69. The first-order chi connectivity index (χ1) is 8.97. The smallest absolute Gasteiger partial charge is 0.0595 e. The lowest BCUT2D eigenvalue weighted by atomic mass is 9.98. The molecular weight excluding hydrogens is 277 g/mol. The first-order valence-corrected chi connectivity index (χ1v) is 7.94. The molecule has 0 heterocycles. The molecule has 3 atom stereocenters. The molecule has 0 aromatic heterocycles. The molecule has 3 heteroatoms. The summed E-state index contributed by atoms with van der Waals surface area (Å²) in [4.78, 5) is 0. The van der Waals surface area contributed by atoms with Crippen LogP contribution in [0.4, 0.5) is 0 Å². The topological polar surface area (TPSA) is 12.0 Å². The second kappa shape index (κ2) is 8.14. The monoisotopic (exact) mass is 301 g/mol. The molecule has 0 radical (unpaired) electrons. The third-order valence-corrected chi connectivity index (χ3v) is 4.43. The summed E-state index contributed by atoms with van der Waals surface area (Å²) in [6, 6.07) is 6.76. The van der Waals surface area contributed by atoms with E-state index in [1.165, 1.54) is 18.4 Å². The fraction of sp³-hybridized carbons (Fsp3) is 0.625. The molecule has 0 spiro atoms. The lowest BCUT2D eigenvalue weighted by Crippen LogP contribution is -2.31. The Bertz CT molecular complexity index is 392. The molecule has 19 heavy (non-hydrogen) atoms. The number of nitrogens with one attached hydrogen (secondary N) is 1. The summed E-state index contributed by atoms with van der Waals surface area (Å²) in [7, 11) is 0. The van der Waals surface area contributed by atoms with E-state index in [9.17, 15) is 0 Å². The lowest BCUT2D eigenvalue weighted by Gasteiger charge is -2.25. The van der Waals surface area contributed by atoms with Gasteiger partial charge in [0.2, 0.25) is 0 Å². The van der Waals surface area contributed by atoms with Crippen LogP contribution in [0, 0.1) is 5.92 Å². The summed E-state index contributed by atoms with van der Waals surface area (Å²) in [5.74, 6) is 0.758. The molecule has 0 bridgehead atoms. The summed E-state index contributed by atoms with van der Waals surface area (Å²) < 4.78 is 0. The van der Waals surface area contributed by atoms with Crippen molar-refractivity contribution in [3.63, 3.8) is 0 Å². The van der Waals surface area contributed by atoms with Crippen molar-refractivity contribution >= 4 is 23.2 Å². The molecule has 1 rings (SSSR count). The number of halogens is 2. The largest absolute Gasteiger partial charge is 0.307 e. The van der Waals surface area contributed by atoms with Crippen LogP contribution in [0.5, 0.6) is 0 Å². The molecule has 108 valence electrons. The molecular formula is C16H25Cl2N. The fourth-order valence-electron chi connectivity index (χ4n) is 2.36. The van der Waals surface area contributed by atoms with Crippen molar-refractivity contribution in [2.24, 2.45) is 5.92 Å². The van der Waals surface area contributed by atoms with E-state index in [4.69, 9.17) is 23.2 Å². The van der Waals surface area contributed by atoms with E-state index in [1.54, 1.807) is 0 Å². The molecule has 1 aromatic rings. The summed E-state index contributed by atoms with van der Waals surface area (Å²) >= 11 is 12.1. The highest BCUT2D eigenvalue weighted by molar-refractivity contribution is 6.42. The SMILES string of the molecule is CCC(C)CC(C)NC(CC)c1ccc(Cl)c(Cl)c1. The number of hydrogen-bond acceptors (Lipinski definition) is 1. The Labute approximate surface area is 127 Å². The van der Waals surface area contributed by atoms with Gasteiger partial charge in [0.15, 0.2) is 0 Å². The maximum Gasteiger partial charge on any atom is 0.0595 e. The van der Waals surface area contributed by atoms with Crippen LogP contribution < -0.4 is 5.32 Å². The van der Waals surface area contributed by atoms with Crippen LogP contribution in [0.25, 0.3) is 0 Å². The number of benzene rings is 1. The first kappa shape index (κ1) is 16.8. The molecule has 0 aliphatic rings. The Hall–Kier alpha value is -0.240. The van der Waals surface area contributed by atoms with E-state index in [0.717, 1.165) is 12.3 Å². The molecule has 0 amide bonds. The van der Waals surface area contributed by atoms with Gasteiger partial charge in [0, 0.05) is 12.1 Å². The highest BCUT2D eigenvalue weighted by Gasteiger charge is 2.15. The Morgan fingerprint density at radius 3 is 2.26 bits per heavy atom. The van der Waals surface area contributed by atoms with Crippen molar-refractivity contribution in [2.75, 3.05) is 0 Å². The van der Waals surface area contributed by atoms with Gasteiger partial charge < -0.3 is 5.32 Å². The molecule has 0 aliphatic heterocycles. The van der Waals surface area contributed by atoms with Crippen molar-refractivity contribution < 1.29 is 0 Å². The second-order valence-corrected chi connectivity index (χ2v) is 6.27. The van der Waals surface area contributed by atoms with Crippen LogP contribution in [0.2, 0.25) is 10.0 Å². The van der Waals surface area contributed by atoms with Gasteiger partial charge >= 0.3 is 0 Å². The standard InChI is InChI=1S/C16H25Cl2N/c1-5-11(3)9-12(4)19-16(6-2)13-7-8-14(17)15(18)10-13/h7-8,10-12,16,19H,5-6,9H2,1-4H3. The van der Waals surface area contributed by atoms with Gasteiger partial charge in [-0.3, -0.25) is 0 Å². The van der Waals surface area contributed by atoms with Crippen molar-refractivity contribution in [3.05, 3.63) is 33.8 Å². The average molecular weight is 302 g/mol. The Morgan fingerprint density at radius 1 is 1.05 bits per heavy atom. The van der Waals surface area contributed by atoms with E-state index >= 15 is 0 Å². The van der Waals surface area contributed by atoms with Gasteiger partial charge in [-0.15, -0.1) is 0 Å². The van der Waals surface area contributed by atoms with Gasteiger partial charge in [-0.25, -0.2) is 0 Å².